The first-order valence-electron chi connectivity index (χ1n) is 5.13. The summed E-state index contributed by atoms with van der Waals surface area (Å²) in [4.78, 5) is 0. The van der Waals surface area contributed by atoms with Gasteiger partial charge in [0.1, 0.15) is 5.69 Å². The number of aromatic nitrogens is 2. The Hall–Kier alpha value is -0.800. The van der Waals surface area contributed by atoms with Gasteiger partial charge in [0.15, 0.2) is 0 Å². The van der Waals surface area contributed by atoms with Gasteiger partial charge in [0.2, 0.25) is 0 Å². The van der Waals surface area contributed by atoms with Gasteiger partial charge < -0.3 is 0 Å². The zero-order chi connectivity index (χ0) is 11.7. The van der Waals surface area contributed by atoms with Crippen molar-refractivity contribution in [1.82, 2.24) is 9.78 Å². The summed E-state index contributed by atoms with van der Waals surface area (Å²) in [6.07, 6.45) is 0. The molecule has 1 aromatic carbocycles. The second-order valence-electron chi connectivity index (χ2n) is 3.54. The predicted molar refractivity (Wildman–Crippen MR) is 70.8 cm³/mol. The van der Waals surface area contributed by atoms with Crippen molar-refractivity contribution in [3.8, 4) is 11.3 Å². The number of benzene rings is 1. The van der Waals surface area contributed by atoms with E-state index in [0.717, 1.165) is 33.0 Å². The zero-order valence-corrected chi connectivity index (χ0v) is 11.5. The van der Waals surface area contributed by atoms with E-state index in [9.17, 15) is 0 Å². The molecule has 16 heavy (non-hydrogen) atoms. The quantitative estimate of drug-likeness (QED) is 0.808. The van der Waals surface area contributed by atoms with Gasteiger partial charge in [-0.1, -0.05) is 29.8 Å². The Morgan fingerprint density at radius 2 is 2.06 bits per heavy atom. The molecule has 4 heteroatoms. The number of aryl methyl sites for hydroxylation is 1. The summed E-state index contributed by atoms with van der Waals surface area (Å²) in [7, 11) is 0. The molecule has 0 saturated carbocycles. The first-order chi connectivity index (χ1) is 7.65. The highest BCUT2D eigenvalue weighted by atomic mass is 79.9. The molecule has 84 valence electrons. The topological polar surface area (TPSA) is 17.8 Å². The third-order valence-corrected chi connectivity index (χ3v) is 3.84. The number of hydrogen-bond acceptors (Lipinski definition) is 1. The van der Waals surface area contributed by atoms with Crippen LogP contribution in [0.5, 0.6) is 0 Å². The van der Waals surface area contributed by atoms with E-state index in [1.165, 1.54) is 0 Å². The maximum absolute atomic E-state index is 6.17. The van der Waals surface area contributed by atoms with Crippen LogP contribution < -0.4 is 0 Å². The fraction of sp³-hybridized carbons (Fsp3) is 0.250. The summed E-state index contributed by atoms with van der Waals surface area (Å²) in [5, 5.41) is 5.27. The Morgan fingerprint density at radius 3 is 2.62 bits per heavy atom. The van der Waals surface area contributed by atoms with E-state index in [1.807, 2.05) is 35.9 Å². The van der Waals surface area contributed by atoms with Gasteiger partial charge in [-0.15, -0.1) is 0 Å². The molecule has 0 amide bonds. The van der Waals surface area contributed by atoms with Crippen molar-refractivity contribution in [2.45, 2.75) is 20.4 Å². The maximum atomic E-state index is 6.17. The Labute approximate surface area is 108 Å². The fourth-order valence-electron chi connectivity index (χ4n) is 1.66. The van der Waals surface area contributed by atoms with Crippen LogP contribution >= 0.6 is 27.5 Å². The molecule has 0 aliphatic rings. The van der Waals surface area contributed by atoms with Crippen molar-refractivity contribution in [2.75, 3.05) is 0 Å². The van der Waals surface area contributed by atoms with E-state index in [4.69, 9.17) is 11.6 Å². The Bertz CT molecular complexity index is 520. The number of nitrogens with zero attached hydrogens (tertiary/aromatic N) is 2. The largest absolute Gasteiger partial charge is 0.268 e. The van der Waals surface area contributed by atoms with Gasteiger partial charge in [-0.3, -0.25) is 4.68 Å². The van der Waals surface area contributed by atoms with Crippen LogP contribution in [-0.4, -0.2) is 9.78 Å². The normalized spacial score (nSPS) is 10.8. The van der Waals surface area contributed by atoms with Crippen molar-refractivity contribution in [2.24, 2.45) is 0 Å². The fourth-order valence-corrected chi connectivity index (χ4v) is 2.38. The van der Waals surface area contributed by atoms with Crippen LogP contribution in [0.4, 0.5) is 0 Å². The lowest BCUT2D eigenvalue weighted by Crippen LogP contribution is -1.98. The molecular weight excluding hydrogens is 288 g/mol. The molecule has 0 atom stereocenters. The highest BCUT2D eigenvalue weighted by Crippen LogP contribution is 2.34. The van der Waals surface area contributed by atoms with Crippen molar-refractivity contribution in [1.29, 1.82) is 0 Å². The van der Waals surface area contributed by atoms with E-state index in [-0.39, 0.29) is 0 Å². The molecule has 1 heterocycles. The SMILES string of the molecule is CCn1nc(-c2ccccc2Cl)c(Br)c1C. The van der Waals surface area contributed by atoms with Crippen LogP contribution in [0.1, 0.15) is 12.6 Å². The van der Waals surface area contributed by atoms with Crippen molar-refractivity contribution >= 4 is 27.5 Å². The third kappa shape index (κ3) is 1.89. The van der Waals surface area contributed by atoms with Crippen LogP contribution in [0.25, 0.3) is 11.3 Å². The molecule has 0 N–H and O–H groups in total. The van der Waals surface area contributed by atoms with E-state index >= 15 is 0 Å². The summed E-state index contributed by atoms with van der Waals surface area (Å²) in [6.45, 7) is 4.97. The van der Waals surface area contributed by atoms with Gasteiger partial charge in [0, 0.05) is 12.1 Å². The lowest BCUT2D eigenvalue weighted by atomic mass is 10.1. The number of halogens is 2. The van der Waals surface area contributed by atoms with Gasteiger partial charge in [-0.05, 0) is 35.8 Å². The molecule has 0 unspecified atom stereocenters. The third-order valence-electron chi connectivity index (χ3n) is 2.56. The summed E-state index contributed by atoms with van der Waals surface area (Å²) in [5.74, 6) is 0. The number of hydrogen-bond donors (Lipinski definition) is 0. The average Bonchev–Trinajstić information content (AvgIpc) is 2.57. The van der Waals surface area contributed by atoms with Gasteiger partial charge in [-0.25, -0.2) is 0 Å². The summed E-state index contributed by atoms with van der Waals surface area (Å²) in [5.41, 5.74) is 2.99. The van der Waals surface area contributed by atoms with Gasteiger partial charge in [0.05, 0.1) is 15.2 Å². The van der Waals surface area contributed by atoms with E-state index < -0.39 is 0 Å². The highest BCUT2D eigenvalue weighted by Gasteiger charge is 2.14. The Morgan fingerprint density at radius 1 is 1.38 bits per heavy atom. The minimum atomic E-state index is 0.726. The molecule has 0 bridgehead atoms. The van der Waals surface area contributed by atoms with Crippen molar-refractivity contribution in [3.63, 3.8) is 0 Å². The Balaban J connectivity index is 2.61. The summed E-state index contributed by atoms with van der Waals surface area (Å²) < 4.78 is 2.98. The monoisotopic (exact) mass is 298 g/mol. The maximum Gasteiger partial charge on any atom is 0.108 e. The van der Waals surface area contributed by atoms with Gasteiger partial charge >= 0.3 is 0 Å². The molecule has 0 fully saturated rings. The molecule has 2 nitrogen and oxygen atoms in total. The molecule has 2 aromatic rings. The zero-order valence-electron chi connectivity index (χ0n) is 9.17. The summed E-state index contributed by atoms with van der Waals surface area (Å²) in [6, 6.07) is 7.75. The van der Waals surface area contributed by atoms with Crippen molar-refractivity contribution in [3.05, 3.63) is 39.5 Å². The van der Waals surface area contributed by atoms with Crippen LogP contribution in [0, 0.1) is 6.92 Å². The molecule has 2 rings (SSSR count). The standard InChI is InChI=1S/C12H12BrClN2/c1-3-16-8(2)11(13)12(15-16)9-6-4-5-7-10(9)14/h4-7H,3H2,1-2H3. The minimum Gasteiger partial charge on any atom is -0.268 e. The lowest BCUT2D eigenvalue weighted by Gasteiger charge is -2.00. The second-order valence-corrected chi connectivity index (χ2v) is 4.74. The first-order valence-corrected chi connectivity index (χ1v) is 6.30. The molecule has 0 spiro atoms. The van der Waals surface area contributed by atoms with Crippen LogP contribution in [0.15, 0.2) is 28.7 Å². The molecule has 0 aliphatic heterocycles. The molecule has 0 aliphatic carbocycles. The Kier molecular flexibility index (Phi) is 3.36. The van der Waals surface area contributed by atoms with E-state index in [1.54, 1.807) is 0 Å². The van der Waals surface area contributed by atoms with Crippen LogP contribution in [0.3, 0.4) is 0 Å². The smallest absolute Gasteiger partial charge is 0.108 e. The minimum absolute atomic E-state index is 0.726. The molecule has 0 saturated heterocycles. The lowest BCUT2D eigenvalue weighted by molar-refractivity contribution is 0.641. The number of rotatable bonds is 2. The van der Waals surface area contributed by atoms with E-state index in [2.05, 4.69) is 28.0 Å². The van der Waals surface area contributed by atoms with E-state index in [0.29, 0.717) is 0 Å². The van der Waals surface area contributed by atoms with Crippen molar-refractivity contribution < 1.29 is 0 Å². The van der Waals surface area contributed by atoms with Crippen LogP contribution in [0.2, 0.25) is 5.02 Å². The molecule has 0 radical (unpaired) electrons. The van der Waals surface area contributed by atoms with Crippen LogP contribution in [-0.2, 0) is 6.54 Å². The highest BCUT2D eigenvalue weighted by molar-refractivity contribution is 9.10. The second kappa shape index (κ2) is 4.60. The molecule has 1 aromatic heterocycles. The first kappa shape index (κ1) is 11.7. The molecular formula is C12H12BrClN2. The van der Waals surface area contributed by atoms with Gasteiger partial charge in [-0.2, -0.15) is 5.10 Å². The average molecular weight is 300 g/mol. The van der Waals surface area contributed by atoms with Gasteiger partial charge in [0.25, 0.3) is 0 Å². The summed E-state index contributed by atoms with van der Waals surface area (Å²) >= 11 is 9.74. The predicted octanol–water partition coefficient (Wildman–Crippen LogP) is 4.29.